The summed E-state index contributed by atoms with van der Waals surface area (Å²) in [5.74, 6) is -2.14. The number of aliphatic carboxylic acids is 1. The molecule has 0 radical (unpaired) electrons. The van der Waals surface area contributed by atoms with Gasteiger partial charge < -0.3 is 20.5 Å². The van der Waals surface area contributed by atoms with Gasteiger partial charge in [0.25, 0.3) is 5.91 Å². The van der Waals surface area contributed by atoms with Crippen LogP contribution in [0.3, 0.4) is 0 Å². The van der Waals surface area contributed by atoms with E-state index >= 15 is 0 Å². The first kappa shape index (κ1) is 19.0. The Morgan fingerprint density at radius 3 is 2.78 bits per heavy atom. The molecule has 27 heavy (non-hydrogen) atoms. The van der Waals surface area contributed by atoms with E-state index in [1.165, 1.54) is 10.3 Å². The van der Waals surface area contributed by atoms with Crippen LogP contribution in [0.4, 0.5) is 0 Å². The highest BCUT2D eigenvalue weighted by molar-refractivity contribution is 7.10. The number of rotatable bonds is 6. The number of carbonyl (C=O) groups is 3. The zero-order valence-corrected chi connectivity index (χ0v) is 15.2. The average Bonchev–Trinajstić information content (AvgIpc) is 3.35. The third kappa shape index (κ3) is 4.32. The van der Waals surface area contributed by atoms with E-state index in [-0.39, 0.29) is 17.3 Å². The third-order valence-electron chi connectivity index (χ3n) is 4.28. The minimum atomic E-state index is -1.10. The summed E-state index contributed by atoms with van der Waals surface area (Å²) in [6.07, 6.45) is 1.05. The van der Waals surface area contributed by atoms with Gasteiger partial charge in [-0.1, -0.05) is 30.3 Å². The lowest BCUT2D eigenvalue weighted by atomic mass is 10.2. The fourth-order valence-corrected chi connectivity index (χ4v) is 3.64. The molecule has 142 valence electrons. The van der Waals surface area contributed by atoms with Gasteiger partial charge in [0.05, 0.1) is 0 Å². The van der Waals surface area contributed by atoms with Gasteiger partial charge >= 0.3 is 11.9 Å². The van der Waals surface area contributed by atoms with Crippen LogP contribution in [0.15, 0.2) is 35.7 Å². The van der Waals surface area contributed by atoms with Crippen LogP contribution in [-0.2, 0) is 20.9 Å². The van der Waals surface area contributed by atoms with Crippen LogP contribution in [0.5, 0.6) is 0 Å². The summed E-state index contributed by atoms with van der Waals surface area (Å²) < 4.78 is 5.19. The van der Waals surface area contributed by atoms with Gasteiger partial charge in [0, 0.05) is 11.9 Å². The number of likely N-dealkylation sites (tertiary alicyclic amines) is 1. The van der Waals surface area contributed by atoms with Gasteiger partial charge in [0.1, 0.15) is 23.4 Å². The van der Waals surface area contributed by atoms with Gasteiger partial charge in [-0.2, -0.15) is 0 Å². The van der Waals surface area contributed by atoms with Gasteiger partial charge in [0.15, 0.2) is 6.04 Å². The second-order valence-electron chi connectivity index (χ2n) is 6.14. The molecule has 1 saturated heterocycles. The molecule has 0 bridgehead atoms. The Bertz CT molecular complexity index is 839. The van der Waals surface area contributed by atoms with Crippen molar-refractivity contribution in [3.8, 4) is 0 Å². The van der Waals surface area contributed by atoms with Crippen LogP contribution in [0.2, 0.25) is 0 Å². The number of hydrogen-bond acceptors (Lipinski definition) is 7. The fraction of sp³-hybridized carbons (Fsp3) is 0.333. The summed E-state index contributed by atoms with van der Waals surface area (Å²) in [5.41, 5.74) is 6.83. The van der Waals surface area contributed by atoms with Crippen LogP contribution in [-0.4, -0.2) is 45.4 Å². The molecular weight excluding hydrogens is 370 g/mol. The van der Waals surface area contributed by atoms with Crippen molar-refractivity contribution in [1.29, 1.82) is 0 Å². The molecule has 3 N–H and O–H groups in total. The molecule has 2 atom stereocenters. The van der Waals surface area contributed by atoms with Crippen molar-refractivity contribution in [2.24, 2.45) is 5.73 Å². The van der Waals surface area contributed by atoms with Crippen LogP contribution in [0.25, 0.3) is 0 Å². The molecule has 0 saturated carbocycles. The van der Waals surface area contributed by atoms with E-state index in [9.17, 15) is 19.5 Å². The van der Waals surface area contributed by atoms with Gasteiger partial charge in [0.2, 0.25) is 0 Å². The number of aromatic nitrogens is 1. The van der Waals surface area contributed by atoms with E-state index in [2.05, 4.69) is 4.98 Å². The van der Waals surface area contributed by atoms with Gasteiger partial charge in [-0.25, -0.2) is 14.6 Å². The third-order valence-corrected chi connectivity index (χ3v) is 5.21. The number of esters is 1. The minimum absolute atomic E-state index is 0.0921. The molecular formula is C18H19N3O5S. The number of nitrogens with two attached hydrogens (primary N) is 1. The maximum Gasteiger partial charge on any atom is 0.330 e. The van der Waals surface area contributed by atoms with Crippen molar-refractivity contribution in [3.05, 3.63) is 52.0 Å². The average molecular weight is 389 g/mol. The number of thiazole rings is 1. The van der Waals surface area contributed by atoms with Crippen LogP contribution in [0.1, 0.15) is 39.9 Å². The Kier molecular flexibility index (Phi) is 5.82. The predicted molar refractivity (Wildman–Crippen MR) is 97.0 cm³/mol. The highest BCUT2D eigenvalue weighted by Crippen LogP contribution is 2.23. The van der Waals surface area contributed by atoms with Gasteiger partial charge in [-0.3, -0.25) is 4.79 Å². The Balaban J connectivity index is 1.63. The molecule has 8 nitrogen and oxygen atoms in total. The predicted octanol–water partition coefficient (Wildman–Crippen LogP) is 1.58. The molecule has 9 heteroatoms. The Morgan fingerprint density at radius 1 is 1.33 bits per heavy atom. The first-order valence-corrected chi connectivity index (χ1v) is 9.30. The van der Waals surface area contributed by atoms with E-state index in [0.29, 0.717) is 19.4 Å². The summed E-state index contributed by atoms with van der Waals surface area (Å²) in [6.45, 7) is 0.465. The normalized spacial score (nSPS) is 17.5. The smallest absolute Gasteiger partial charge is 0.330 e. The van der Waals surface area contributed by atoms with Gasteiger partial charge in [-0.15, -0.1) is 11.3 Å². The monoisotopic (exact) mass is 389 g/mol. The minimum Gasteiger partial charge on any atom is -0.480 e. The van der Waals surface area contributed by atoms with Crippen LogP contribution < -0.4 is 5.73 Å². The van der Waals surface area contributed by atoms with E-state index in [0.717, 1.165) is 16.9 Å². The first-order valence-electron chi connectivity index (χ1n) is 8.42. The zero-order valence-electron chi connectivity index (χ0n) is 14.4. The zero-order chi connectivity index (χ0) is 19.4. The Labute approximate surface area is 159 Å². The quantitative estimate of drug-likeness (QED) is 0.719. The first-order chi connectivity index (χ1) is 13.0. The Morgan fingerprint density at radius 2 is 2.07 bits per heavy atom. The number of hydrogen-bond donors (Lipinski definition) is 2. The molecule has 1 fully saturated rings. The standard InChI is InChI=1S/C18H19N3O5S/c19-14(18(25)26-9-11-5-2-1-3-6-11)15-20-12(10-27-15)16(22)21-8-4-7-13(21)17(23)24/h1-3,5-6,10,13-14H,4,7-9,19H2,(H,23,24)/t13-,14?/m1/s1. The molecule has 3 rings (SSSR count). The molecule has 0 spiro atoms. The molecule has 1 aromatic heterocycles. The molecule has 2 aromatic rings. The summed E-state index contributed by atoms with van der Waals surface area (Å²) in [4.78, 5) is 41.3. The van der Waals surface area contributed by atoms with E-state index in [4.69, 9.17) is 10.5 Å². The highest BCUT2D eigenvalue weighted by atomic mass is 32.1. The van der Waals surface area contributed by atoms with Crippen molar-refractivity contribution >= 4 is 29.2 Å². The van der Waals surface area contributed by atoms with Crippen molar-refractivity contribution in [1.82, 2.24) is 9.88 Å². The number of carbonyl (C=O) groups excluding carboxylic acids is 2. The molecule has 2 heterocycles. The van der Waals surface area contributed by atoms with Crippen molar-refractivity contribution in [2.75, 3.05) is 6.54 Å². The van der Waals surface area contributed by atoms with Crippen molar-refractivity contribution < 1.29 is 24.2 Å². The number of benzene rings is 1. The largest absolute Gasteiger partial charge is 0.480 e. The second kappa shape index (κ2) is 8.28. The maximum absolute atomic E-state index is 12.5. The Hall–Kier alpha value is -2.78. The molecule has 1 aliphatic heterocycles. The number of ether oxygens (including phenoxy) is 1. The van der Waals surface area contributed by atoms with E-state index < -0.39 is 29.9 Å². The summed E-state index contributed by atoms with van der Waals surface area (Å²) in [6, 6.07) is 7.25. The SMILES string of the molecule is NC(C(=O)OCc1ccccc1)c1nc(C(=O)N2CCC[C@@H]2C(=O)O)cs1. The summed E-state index contributed by atoms with van der Waals surface area (Å²) in [5, 5.41) is 10.9. The summed E-state index contributed by atoms with van der Waals surface area (Å²) >= 11 is 1.07. The van der Waals surface area contributed by atoms with Crippen molar-refractivity contribution in [3.63, 3.8) is 0 Å². The maximum atomic E-state index is 12.5. The number of nitrogens with zero attached hydrogens (tertiary/aromatic N) is 2. The van der Waals surface area contributed by atoms with Crippen LogP contribution in [0, 0.1) is 0 Å². The van der Waals surface area contributed by atoms with Crippen molar-refractivity contribution in [2.45, 2.75) is 31.5 Å². The lowest BCUT2D eigenvalue weighted by Crippen LogP contribution is -2.40. The number of carboxylic acids is 1. The lowest BCUT2D eigenvalue weighted by Gasteiger charge is -2.20. The molecule has 1 amide bonds. The van der Waals surface area contributed by atoms with E-state index in [1.54, 1.807) is 0 Å². The lowest BCUT2D eigenvalue weighted by molar-refractivity contribution is -0.146. The summed E-state index contributed by atoms with van der Waals surface area (Å²) in [7, 11) is 0. The molecule has 0 aliphatic carbocycles. The van der Waals surface area contributed by atoms with Gasteiger partial charge in [-0.05, 0) is 18.4 Å². The fourth-order valence-electron chi connectivity index (χ4n) is 2.86. The second-order valence-corrected chi connectivity index (χ2v) is 7.03. The highest BCUT2D eigenvalue weighted by Gasteiger charge is 2.35. The van der Waals surface area contributed by atoms with Crippen LogP contribution >= 0.6 is 11.3 Å². The molecule has 1 unspecified atom stereocenters. The topological polar surface area (TPSA) is 123 Å². The number of amides is 1. The molecule has 1 aliphatic rings. The number of carboxylic acid groups (broad SMARTS) is 1. The van der Waals surface area contributed by atoms with E-state index in [1.807, 2.05) is 30.3 Å². The molecule has 1 aromatic carbocycles.